The summed E-state index contributed by atoms with van der Waals surface area (Å²) in [7, 11) is 1.59. The molecule has 6 nitrogen and oxygen atoms in total. The number of rotatable bonds is 2. The highest BCUT2D eigenvalue weighted by atomic mass is 16.2. The molecule has 1 saturated heterocycles. The summed E-state index contributed by atoms with van der Waals surface area (Å²) in [4.78, 5) is 34.0. The molecule has 0 saturated carbocycles. The first kappa shape index (κ1) is 13.5. The average Bonchev–Trinajstić information content (AvgIpc) is 2.46. The van der Waals surface area contributed by atoms with Crippen LogP contribution in [0.15, 0.2) is 12.4 Å². The Morgan fingerprint density at radius 3 is 2.74 bits per heavy atom. The van der Waals surface area contributed by atoms with Gasteiger partial charge < -0.3 is 10.2 Å². The second-order valence-electron chi connectivity index (χ2n) is 4.67. The molecular weight excluding hydrogens is 244 g/mol. The van der Waals surface area contributed by atoms with Crippen LogP contribution in [0.4, 0.5) is 0 Å². The van der Waals surface area contributed by atoms with Crippen molar-refractivity contribution in [1.29, 1.82) is 0 Å². The van der Waals surface area contributed by atoms with Gasteiger partial charge in [-0.05, 0) is 26.2 Å². The van der Waals surface area contributed by atoms with Crippen molar-refractivity contribution in [1.82, 2.24) is 20.2 Å². The summed E-state index contributed by atoms with van der Waals surface area (Å²) in [6.07, 6.45) is 5.60. The third-order valence-electron chi connectivity index (χ3n) is 3.31. The number of hydrogen-bond acceptors (Lipinski definition) is 4. The Morgan fingerprint density at radius 1 is 1.32 bits per heavy atom. The Hall–Kier alpha value is -1.98. The van der Waals surface area contributed by atoms with E-state index in [-0.39, 0.29) is 11.8 Å². The SMILES string of the molecule is CNC(=O)[C@@H]1CCCCN1C(=O)c1cnc(C)cn1. The lowest BCUT2D eigenvalue weighted by atomic mass is 10.0. The van der Waals surface area contributed by atoms with Crippen molar-refractivity contribution in [2.45, 2.75) is 32.2 Å². The summed E-state index contributed by atoms with van der Waals surface area (Å²) in [5.74, 6) is -0.339. The van der Waals surface area contributed by atoms with E-state index in [1.165, 1.54) is 6.20 Å². The number of carbonyl (C=O) groups is 2. The zero-order valence-corrected chi connectivity index (χ0v) is 11.2. The maximum absolute atomic E-state index is 12.4. The number of nitrogens with one attached hydrogen (secondary N) is 1. The first-order valence-electron chi connectivity index (χ1n) is 6.44. The number of likely N-dealkylation sites (N-methyl/N-ethyl adjacent to an activating group) is 1. The van der Waals surface area contributed by atoms with E-state index >= 15 is 0 Å². The van der Waals surface area contributed by atoms with Gasteiger partial charge in [-0.3, -0.25) is 14.6 Å². The molecule has 0 bridgehead atoms. The third kappa shape index (κ3) is 2.89. The molecule has 1 aliphatic rings. The van der Waals surface area contributed by atoms with Gasteiger partial charge in [-0.25, -0.2) is 4.98 Å². The van der Waals surface area contributed by atoms with E-state index in [4.69, 9.17) is 0 Å². The van der Waals surface area contributed by atoms with Crippen molar-refractivity contribution >= 4 is 11.8 Å². The molecule has 1 N–H and O–H groups in total. The Bertz CT molecular complexity index is 472. The zero-order valence-electron chi connectivity index (χ0n) is 11.2. The average molecular weight is 262 g/mol. The lowest BCUT2D eigenvalue weighted by molar-refractivity contribution is -0.126. The standard InChI is InChI=1S/C13H18N4O2/c1-9-7-16-10(8-15-9)13(19)17-6-4-3-5-11(17)12(18)14-2/h7-8,11H,3-6H2,1-2H3,(H,14,18)/t11-/m0/s1. The van der Waals surface area contributed by atoms with Gasteiger partial charge in [0.15, 0.2) is 0 Å². The normalized spacial score (nSPS) is 19.1. The predicted molar refractivity (Wildman–Crippen MR) is 69.5 cm³/mol. The van der Waals surface area contributed by atoms with Crippen LogP contribution in [-0.4, -0.2) is 46.3 Å². The first-order chi connectivity index (χ1) is 9.13. The fourth-order valence-electron chi connectivity index (χ4n) is 2.26. The van der Waals surface area contributed by atoms with E-state index in [0.29, 0.717) is 18.7 Å². The number of carbonyl (C=O) groups excluding carboxylic acids is 2. The van der Waals surface area contributed by atoms with Crippen molar-refractivity contribution in [3.63, 3.8) is 0 Å². The van der Waals surface area contributed by atoms with Crippen LogP contribution in [0.3, 0.4) is 0 Å². The Balaban J connectivity index is 2.20. The summed E-state index contributed by atoms with van der Waals surface area (Å²) >= 11 is 0. The van der Waals surface area contributed by atoms with Gasteiger partial charge in [0.05, 0.1) is 11.9 Å². The van der Waals surface area contributed by atoms with Gasteiger partial charge in [-0.1, -0.05) is 0 Å². The van der Waals surface area contributed by atoms with E-state index in [2.05, 4.69) is 15.3 Å². The molecule has 0 aromatic carbocycles. The lowest BCUT2D eigenvalue weighted by Gasteiger charge is -2.34. The highest BCUT2D eigenvalue weighted by molar-refractivity contribution is 5.96. The molecule has 0 unspecified atom stereocenters. The van der Waals surface area contributed by atoms with E-state index in [1.807, 2.05) is 6.92 Å². The fraction of sp³-hybridized carbons (Fsp3) is 0.538. The highest BCUT2D eigenvalue weighted by Crippen LogP contribution is 2.19. The van der Waals surface area contributed by atoms with Crippen LogP contribution >= 0.6 is 0 Å². The largest absolute Gasteiger partial charge is 0.357 e. The molecule has 2 amide bonds. The minimum absolute atomic E-state index is 0.117. The molecule has 0 aliphatic carbocycles. The van der Waals surface area contributed by atoms with Crippen molar-refractivity contribution in [2.24, 2.45) is 0 Å². The molecule has 2 rings (SSSR count). The summed E-state index contributed by atoms with van der Waals surface area (Å²) in [6, 6.07) is -0.394. The second kappa shape index (κ2) is 5.77. The van der Waals surface area contributed by atoms with E-state index in [0.717, 1.165) is 18.5 Å². The molecule has 1 fully saturated rings. The molecule has 0 radical (unpaired) electrons. The molecule has 1 aliphatic heterocycles. The smallest absolute Gasteiger partial charge is 0.274 e. The molecule has 1 aromatic rings. The number of aromatic nitrogens is 2. The summed E-state index contributed by atoms with van der Waals surface area (Å²) in [5.41, 5.74) is 1.06. The van der Waals surface area contributed by atoms with Crippen LogP contribution in [0.5, 0.6) is 0 Å². The Labute approximate surface area is 112 Å². The van der Waals surface area contributed by atoms with Crippen LogP contribution in [0.25, 0.3) is 0 Å². The predicted octanol–water partition coefficient (Wildman–Crippen LogP) is 0.526. The van der Waals surface area contributed by atoms with Crippen molar-refractivity contribution in [2.75, 3.05) is 13.6 Å². The van der Waals surface area contributed by atoms with E-state index < -0.39 is 6.04 Å². The van der Waals surface area contributed by atoms with Crippen LogP contribution in [0.1, 0.15) is 35.4 Å². The maximum Gasteiger partial charge on any atom is 0.274 e. The van der Waals surface area contributed by atoms with Crippen LogP contribution in [-0.2, 0) is 4.79 Å². The molecule has 6 heteroatoms. The minimum Gasteiger partial charge on any atom is -0.357 e. The Morgan fingerprint density at radius 2 is 2.11 bits per heavy atom. The van der Waals surface area contributed by atoms with Crippen molar-refractivity contribution in [3.05, 3.63) is 23.8 Å². The van der Waals surface area contributed by atoms with Gasteiger partial charge in [-0.2, -0.15) is 0 Å². The number of aryl methyl sites for hydroxylation is 1. The fourth-order valence-corrected chi connectivity index (χ4v) is 2.26. The quantitative estimate of drug-likeness (QED) is 0.843. The molecule has 102 valence electrons. The summed E-state index contributed by atoms with van der Waals surface area (Å²) < 4.78 is 0. The molecular formula is C13H18N4O2. The summed E-state index contributed by atoms with van der Waals surface area (Å²) in [5, 5.41) is 2.61. The monoisotopic (exact) mass is 262 g/mol. The van der Waals surface area contributed by atoms with Gasteiger partial charge in [0.2, 0.25) is 5.91 Å². The van der Waals surface area contributed by atoms with Crippen LogP contribution in [0.2, 0.25) is 0 Å². The number of nitrogens with zero attached hydrogens (tertiary/aromatic N) is 3. The number of likely N-dealkylation sites (tertiary alicyclic amines) is 1. The molecule has 0 spiro atoms. The zero-order chi connectivity index (χ0) is 13.8. The molecule has 1 aromatic heterocycles. The van der Waals surface area contributed by atoms with Gasteiger partial charge >= 0.3 is 0 Å². The molecule has 1 atom stereocenters. The van der Waals surface area contributed by atoms with Gasteiger partial charge in [0, 0.05) is 19.8 Å². The van der Waals surface area contributed by atoms with Gasteiger partial charge in [0.25, 0.3) is 5.91 Å². The number of hydrogen-bond donors (Lipinski definition) is 1. The summed E-state index contributed by atoms with van der Waals surface area (Å²) in [6.45, 7) is 2.40. The number of amides is 2. The Kier molecular flexibility index (Phi) is 4.09. The van der Waals surface area contributed by atoms with Crippen LogP contribution < -0.4 is 5.32 Å². The topological polar surface area (TPSA) is 75.2 Å². The first-order valence-corrected chi connectivity index (χ1v) is 6.44. The van der Waals surface area contributed by atoms with E-state index in [9.17, 15) is 9.59 Å². The molecule has 19 heavy (non-hydrogen) atoms. The second-order valence-corrected chi connectivity index (χ2v) is 4.67. The van der Waals surface area contributed by atoms with Gasteiger partial charge in [-0.15, -0.1) is 0 Å². The third-order valence-corrected chi connectivity index (χ3v) is 3.31. The van der Waals surface area contributed by atoms with Crippen molar-refractivity contribution < 1.29 is 9.59 Å². The number of piperidine rings is 1. The van der Waals surface area contributed by atoms with E-state index in [1.54, 1.807) is 18.1 Å². The van der Waals surface area contributed by atoms with Gasteiger partial charge in [0.1, 0.15) is 11.7 Å². The highest BCUT2D eigenvalue weighted by Gasteiger charge is 2.32. The lowest BCUT2D eigenvalue weighted by Crippen LogP contribution is -2.51. The van der Waals surface area contributed by atoms with Crippen molar-refractivity contribution in [3.8, 4) is 0 Å². The maximum atomic E-state index is 12.4. The molecule has 2 heterocycles. The minimum atomic E-state index is -0.394. The van der Waals surface area contributed by atoms with Crippen LogP contribution in [0, 0.1) is 6.92 Å².